The zero-order chi connectivity index (χ0) is 10.9. The molecule has 1 N–H and O–H groups in total. The smallest absolute Gasteiger partial charge is 0.0480 e. The molecule has 0 saturated heterocycles. The fraction of sp³-hybridized carbons (Fsp3) is 1.00. The van der Waals surface area contributed by atoms with Crippen molar-refractivity contribution in [2.24, 2.45) is 5.92 Å². The van der Waals surface area contributed by atoms with E-state index >= 15 is 0 Å². The van der Waals surface area contributed by atoms with Crippen molar-refractivity contribution in [1.29, 1.82) is 0 Å². The van der Waals surface area contributed by atoms with E-state index < -0.39 is 0 Å². The maximum Gasteiger partial charge on any atom is 0.0480 e. The molecule has 1 atom stereocenters. The van der Waals surface area contributed by atoms with Gasteiger partial charge in [0.2, 0.25) is 0 Å². The summed E-state index contributed by atoms with van der Waals surface area (Å²) in [6.07, 6.45) is 7.86. The van der Waals surface area contributed by atoms with Gasteiger partial charge in [-0.1, -0.05) is 20.3 Å². The Morgan fingerprint density at radius 3 is 2.53 bits per heavy atom. The van der Waals surface area contributed by atoms with Crippen LogP contribution in [0.3, 0.4) is 0 Å². The lowest BCUT2D eigenvalue weighted by Crippen LogP contribution is -2.40. The van der Waals surface area contributed by atoms with Gasteiger partial charge in [-0.3, -0.25) is 0 Å². The lowest BCUT2D eigenvalue weighted by atomic mass is 9.78. The number of hydrogen-bond acceptors (Lipinski definition) is 2. The van der Waals surface area contributed by atoms with Crippen molar-refractivity contribution in [3.63, 3.8) is 0 Å². The minimum Gasteiger partial charge on any atom is -0.381 e. The molecule has 0 aromatic carbocycles. The highest BCUT2D eigenvalue weighted by Crippen LogP contribution is 2.30. The van der Waals surface area contributed by atoms with Crippen LogP contribution < -0.4 is 5.32 Å². The molecular weight excluding hydrogens is 186 g/mol. The van der Waals surface area contributed by atoms with Crippen molar-refractivity contribution >= 4 is 0 Å². The normalized spacial score (nSPS) is 18.8. The minimum absolute atomic E-state index is 0.718. The first-order valence-electron chi connectivity index (χ1n) is 6.69. The van der Waals surface area contributed by atoms with Crippen molar-refractivity contribution in [2.75, 3.05) is 19.8 Å². The van der Waals surface area contributed by atoms with E-state index in [4.69, 9.17) is 4.74 Å². The molecule has 0 bridgehead atoms. The third-order valence-corrected chi connectivity index (χ3v) is 3.30. The van der Waals surface area contributed by atoms with Crippen LogP contribution in [0, 0.1) is 5.92 Å². The molecule has 2 nitrogen and oxygen atoms in total. The zero-order valence-electron chi connectivity index (χ0n) is 10.4. The molecule has 1 fully saturated rings. The first kappa shape index (κ1) is 13.0. The predicted molar refractivity (Wildman–Crippen MR) is 65.1 cm³/mol. The second kappa shape index (κ2) is 8.12. The molecule has 1 aliphatic rings. The quantitative estimate of drug-likeness (QED) is 0.595. The summed E-state index contributed by atoms with van der Waals surface area (Å²) in [5, 5.41) is 3.67. The molecule has 0 aliphatic heterocycles. The first-order valence-corrected chi connectivity index (χ1v) is 6.69. The third-order valence-electron chi connectivity index (χ3n) is 3.30. The molecule has 1 unspecified atom stereocenters. The van der Waals surface area contributed by atoms with Gasteiger partial charge in [0.25, 0.3) is 0 Å². The van der Waals surface area contributed by atoms with Gasteiger partial charge in [-0.2, -0.15) is 0 Å². The summed E-state index contributed by atoms with van der Waals surface area (Å²) < 4.78 is 5.57. The van der Waals surface area contributed by atoms with Crippen LogP contribution in [-0.2, 0) is 4.74 Å². The van der Waals surface area contributed by atoms with E-state index in [1.165, 1.54) is 32.1 Å². The summed E-state index contributed by atoms with van der Waals surface area (Å²) in [7, 11) is 0. The Hall–Kier alpha value is -0.0800. The Balaban J connectivity index is 2.10. The van der Waals surface area contributed by atoms with E-state index in [9.17, 15) is 0 Å². The highest BCUT2D eigenvalue weighted by atomic mass is 16.5. The Morgan fingerprint density at radius 1 is 1.20 bits per heavy atom. The predicted octanol–water partition coefficient (Wildman–Crippen LogP) is 2.97. The second-order valence-electron chi connectivity index (χ2n) is 4.65. The van der Waals surface area contributed by atoms with Gasteiger partial charge in [-0.15, -0.1) is 0 Å². The Kier molecular flexibility index (Phi) is 7.03. The fourth-order valence-electron chi connectivity index (χ4n) is 2.13. The van der Waals surface area contributed by atoms with Crippen LogP contribution >= 0.6 is 0 Å². The van der Waals surface area contributed by atoms with Crippen molar-refractivity contribution < 1.29 is 4.74 Å². The van der Waals surface area contributed by atoms with Gasteiger partial charge in [0.05, 0.1) is 0 Å². The highest BCUT2D eigenvalue weighted by Gasteiger charge is 2.26. The Morgan fingerprint density at radius 2 is 2.00 bits per heavy atom. The Labute approximate surface area is 94.8 Å². The summed E-state index contributed by atoms with van der Waals surface area (Å²) in [4.78, 5) is 0. The molecular formula is C13H27NO. The van der Waals surface area contributed by atoms with Crippen LogP contribution in [0.15, 0.2) is 0 Å². The molecule has 0 spiro atoms. The van der Waals surface area contributed by atoms with Gasteiger partial charge in [0, 0.05) is 19.3 Å². The van der Waals surface area contributed by atoms with Crippen LogP contribution in [0.4, 0.5) is 0 Å². The maximum absolute atomic E-state index is 5.57. The standard InChI is InChI=1S/C13H27NO/c1-3-9-14-13(12-6-5-7-12)8-11-15-10-4-2/h12-14H,3-11H2,1-2H3. The average Bonchev–Trinajstić information content (AvgIpc) is 2.17. The summed E-state index contributed by atoms with van der Waals surface area (Å²) >= 11 is 0. The maximum atomic E-state index is 5.57. The van der Waals surface area contributed by atoms with E-state index in [0.29, 0.717) is 0 Å². The largest absolute Gasteiger partial charge is 0.381 e. The molecule has 15 heavy (non-hydrogen) atoms. The van der Waals surface area contributed by atoms with Crippen LogP contribution in [0.2, 0.25) is 0 Å². The van der Waals surface area contributed by atoms with E-state index in [2.05, 4.69) is 19.2 Å². The summed E-state index contributed by atoms with van der Waals surface area (Å²) in [5.74, 6) is 0.932. The minimum atomic E-state index is 0.718. The molecule has 0 aromatic heterocycles. The summed E-state index contributed by atoms with van der Waals surface area (Å²) in [5.41, 5.74) is 0. The lowest BCUT2D eigenvalue weighted by Gasteiger charge is -2.34. The Bertz CT molecular complexity index is 145. The van der Waals surface area contributed by atoms with E-state index in [1.807, 2.05) is 0 Å². The van der Waals surface area contributed by atoms with Gasteiger partial charge < -0.3 is 10.1 Å². The zero-order valence-corrected chi connectivity index (χ0v) is 10.4. The highest BCUT2D eigenvalue weighted by molar-refractivity contribution is 4.82. The van der Waals surface area contributed by atoms with Gasteiger partial charge in [0.15, 0.2) is 0 Å². The molecule has 1 aliphatic carbocycles. The monoisotopic (exact) mass is 213 g/mol. The second-order valence-corrected chi connectivity index (χ2v) is 4.65. The van der Waals surface area contributed by atoms with Gasteiger partial charge >= 0.3 is 0 Å². The van der Waals surface area contributed by atoms with Crippen LogP contribution in [0.25, 0.3) is 0 Å². The van der Waals surface area contributed by atoms with E-state index in [-0.39, 0.29) is 0 Å². The number of nitrogens with one attached hydrogen (secondary N) is 1. The fourth-order valence-corrected chi connectivity index (χ4v) is 2.13. The van der Waals surface area contributed by atoms with Crippen LogP contribution in [-0.4, -0.2) is 25.8 Å². The van der Waals surface area contributed by atoms with Gasteiger partial charge in [-0.05, 0) is 44.6 Å². The van der Waals surface area contributed by atoms with Crippen molar-refractivity contribution in [2.45, 2.75) is 58.4 Å². The van der Waals surface area contributed by atoms with Crippen LogP contribution in [0.5, 0.6) is 0 Å². The summed E-state index contributed by atoms with van der Waals surface area (Å²) in [6.45, 7) is 7.42. The van der Waals surface area contributed by atoms with Crippen LogP contribution in [0.1, 0.15) is 52.4 Å². The molecule has 0 heterocycles. The molecule has 2 heteroatoms. The van der Waals surface area contributed by atoms with E-state index in [0.717, 1.165) is 38.1 Å². The topological polar surface area (TPSA) is 21.3 Å². The summed E-state index contributed by atoms with van der Waals surface area (Å²) in [6, 6.07) is 0.718. The third kappa shape index (κ3) is 4.98. The van der Waals surface area contributed by atoms with Crippen molar-refractivity contribution in [1.82, 2.24) is 5.32 Å². The van der Waals surface area contributed by atoms with Crippen molar-refractivity contribution in [3.05, 3.63) is 0 Å². The van der Waals surface area contributed by atoms with Crippen molar-refractivity contribution in [3.8, 4) is 0 Å². The molecule has 90 valence electrons. The van der Waals surface area contributed by atoms with E-state index in [1.54, 1.807) is 0 Å². The number of hydrogen-bond donors (Lipinski definition) is 1. The molecule has 0 radical (unpaired) electrons. The molecule has 0 amide bonds. The number of ether oxygens (including phenoxy) is 1. The average molecular weight is 213 g/mol. The SMILES string of the molecule is CCCNC(CCOCCC)C1CCC1. The molecule has 0 aromatic rings. The van der Waals surface area contributed by atoms with Gasteiger partial charge in [0.1, 0.15) is 0 Å². The number of rotatable bonds is 9. The molecule has 1 saturated carbocycles. The van der Waals surface area contributed by atoms with Gasteiger partial charge in [-0.25, -0.2) is 0 Å². The lowest BCUT2D eigenvalue weighted by molar-refractivity contribution is 0.107. The molecule has 1 rings (SSSR count). The first-order chi connectivity index (χ1) is 7.38.